The fourth-order valence-electron chi connectivity index (χ4n) is 2.62. The summed E-state index contributed by atoms with van der Waals surface area (Å²) in [6.07, 6.45) is 0. The van der Waals surface area contributed by atoms with Crippen molar-refractivity contribution in [2.24, 2.45) is 0 Å². The van der Waals surface area contributed by atoms with Gasteiger partial charge in [0.1, 0.15) is 11.6 Å². The highest BCUT2D eigenvalue weighted by Crippen LogP contribution is 2.19. The standard InChI is InChI=1S/C21H23N5O2/c1-26(2)17-10-8-16(9-11-17)23-21(27)18-12-13-20(25-24-18)22-14-15-6-4-5-7-19(15)28-3/h4-13H,14H2,1-3H3,(H,22,25)(H,23,27). The maximum absolute atomic E-state index is 12.3. The molecule has 3 rings (SSSR count). The second-order valence-corrected chi connectivity index (χ2v) is 6.36. The smallest absolute Gasteiger partial charge is 0.276 e. The first kappa shape index (κ1) is 19.2. The van der Waals surface area contributed by atoms with E-state index in [2.05, 4.69) is 20.8 Å². The van der Waals surface area contributed by atoms with Gasteiger partial charge in [0.2, 0.25) is 0 Å². The molecule has 3 aromatic rings. The molecular weight excluding hydrogens is 354 g/mol. The van der Waals surface area contributed by atoms with Crippen LogP contribution in [0.5, 0.6) is 5.75 Å². The Morgan fingerprint density at radius 2 is 1.75 bits per heavy atom. The molecule has 0 atom stereocenters. The predicted molar refractivity (Wildman–Crippen MR) is 111 cm³/mol. The van der Waals surface area contributed by atoms with Crippen LogP contribution in [0.3, 0.4) is 0 Å². The fourth-order valence-corrected chi connectivity index (χ4v) is 2.62. The number of nitrogens with one attached hydrogen (secondary N) is 2. The van der Waals surface area contributed by atoms with Crippen molar-refractivity contribution in [2.75, 3.05) is 36.7 Å². The molecule has 0 aliphatic carbocycles. The molecule has 28 heavy (non-hydrogen) atoms. The lowest BCUT2D eigenvalue weighted by Gasteiger charge is -2.13. The third kappa shape index (κ3) is 4.76. The number of nitrogens with zero attached hydrogens (tertiary/aromatic N) is 3. The van der Waals surface area contributed by atoms with Crippen molar-refractivity contribution in [3.63, 3.8) is 0 Å². The fraction of sp³-hybridized carbons (Fsp3) is 0.190. The number of carbonyl (C=O) groups excluding carboxylic acids is 1. The average molecular weight is 377 g/mol. The first-order valence-corrected chi connectivity index (χ1v) is 8.85. The van der Waals surface area contributed by atoms with Gasteiger partial charge < -0.3 is 20.3 Å². The van der Waals surface area contributed by atoms with E-state index in [4.69, 9.17) is 4.74 Å². The van der Waals surface area contributed by atoms with Crippen molar-refractivity contribution in [1.29, 1.82) is 0 Å². The molecule has 1 amide bonds. The number of rotatable bonds is 7. The lowest BCUT2D eigenvalue weighted by atomic mass is 10.2. The maximum atomic E-state index is 12.3. The van der Waals surface area contributed by atoms with Gasteiger partial charge in [0.05, 0.1) is 7.11 Å². The van der Waals surface area contributed by atoms with Crippen molar-refractivity contribution >= 4 is 23.1 Å². The molecule has 1 aromatic heterocycles. The summed E-state index contributed by atoms with van der Waals surface area (Å²) in [5.74, 6) is 1.08. The molecule has 7 nitrogen and oxygen atoms in total. The predicted octanol–water partition coefficient (Wildman–Crippen LogP) is 3.42. The van der Waals surface area contributed by atoms with Gasteiger partial charge in [0, 0.05) is 37.6 Å². The molecule has 0 aliphatic heterocycles. The maximum Gasteiger partial charge on any atom is 0.276 e. The molecule has 0 aliphatic rings. The molecule has 1 heterocycles. The van der Waals surface area contributed by atoms with Crippen molar-refractivity contribution in [3.05, 3.63) is 71.9 Å². The average Bonchev–Trinajstić information content (AvgIpc) is 2.73. The minimum atomic E-state index is -0.304. The van der Waals surface area contributed by atoms with Crippen LogP contribution in [0.4, 0.5) is 17.2 Å². The largest absolute Gasteiger partial charge is 0.496 e. The minimum absolute atomic E-state index is 0.250. The topological polar surface area (TPSA) is 79.4 Å². The second kappa shape index (κ2) is 8.85. The number of amides is 1. The van der Waals surface area contributed by atoms with Crippen molar-refractivity contribution in [2.45, 2.75) is 6.54 Å². The van der Waals surface area contributed by atoms with Gasteiger partial charge in [-0.05, 0) is 42.5 Å². The van der Waals surface area contributed by atoms with Crippen LogP contribution < -0.4 is 20.3 Å². The van der Waals surface area contributed by atoms with Crippen LogP contribution in [0.2, 0.25) is 0 Å². The Hall–Kier alpha value is -3.61. The second-order valence-electron chi connectivity index (χ2n) is 6.36. The Balaban J connectivity index is 1.59. The minimum Gasteiger partial charge on any atom is -0.496 e. The summed E-state index contributed by atoms with van der Waals surface area (Å²) in [6.45, 7) is 0.544. The van der Waals surface area contributed by atoms with E-state index in [0.717, 1.165) is 17.0 Å². The van der Waals surface area contributed by atoms with E-state index in [-0.39, 0.29) is 11.6 Å². The van der Waals surface area contributed by atoms with E-state index in [9.17, 15) is 4.79 Å². The zero-order valence-corrected chi connectivity index (χ0v) is 16.1. The van der Waals surface area contributed by atoms with Gasteiger partial charge in [-0.3, -0.25) is 4.79 Å². The summed E-state index contributed by atoms with van der Waals surface area (Å²) >= 11 is 0. The van der Waals surface area contributed by atoms with Gasteiger partial charge in [-0.25, -0.2) is 0 Å². The van der Waals surface area contributed by atoms with Crippen molar-refractivity contribution in [3.8, 4) is 5.75 Å². The monoisotopic (exact) mass is 377 g/mol. The first-order valence-electron chi connectivity index (χ1n) is 8.85. The summed E-state index contributed by atoms with van der Waals surface area (Å²) in [4.78, 5) is 14.3. The van der Waals surface area contributed by atoms with E-state index in [1.807, 2.05) is 67.5 Å². The van der Waals surface area contributed by atoms with Crippen LogP contribution in [0.25, 0.3) is 0 Å². The highest BCUT2D eigenvalue weighted by atomic mass is 16.5. The molecule has 0 radical (unpaired) electrons. The molecule has 0 saturated carbocycles. The van der Waals surface area contributed by atoms with Gasteiger partial charge in [0.25, 0.3) is 5.91 Å². The van der Waals surface area contributed by atoms with Crippen LogP contribution in [-0.2, 0) is 6.54 Å². The van der Waals surface area contributed by atoms with Gasteiger partial charge in [-0.1, -0.05) is 18.2 Å². The lowest BCUT2D eigenvalue weighted by molar-refractivity contribution is 0.102. The first-order chi connectivity index (χ1) is 13.6. The van der Waals surface area contributed by atoms with Crippen LogP contribution in [-0.4, -0.2) is 37.3 Å². The van der Waals surface area contributed by atoms with Gasteiger partial charge in [-0.2, -0.15) is 0 Å². The molecule has 0 saturated heterocycles. The Morgan fingerprint density at radius 3 is 2.39 bits per heavy atom. The number of carbonyl (C=O) groups is 1. The molecule has 0 bridgehead atoms. The Morgan fingerprint density at radius 1 is 1.00 bits per heavy atom. The summed E-state index contributed by atoms with van der Waals surface area (Å²) in [5.41, 5.74) is 3.02. The number of hydrogen-bond acceptors (Lipinski definition) is 6. The van der Waals surface area contributed by atoms with Crippen molar-refractivity contribution < 1.29 is 9.53 Å². The van der Waals surface area contributed by atoms with Crippen LogP contribution in [0, 0.1) is 0 Å². The zero-order valence-electron chi connectivity index (χ0n) is 16.1. The molecule has 0 spiro atoms. The van der Waals surface area contributed by atoms with Crippen LogP contribution in [0.15, 0.2) is 60.7 Å². The van der Waals surface area contributed by atoms with Crippen molar-refractivity contribution in [1.82, 2.24) is 10.2 Å². The summed E-state index contributed by atoms with van der Waals surface area (Å²) in [7, 11) is 5.57. The molecule has 0 unspecified atom stereocenters. The normalized spacial score (nSPS) is 10.2. The van der Waals surface area contributed by atoms with Gasteiger partial charge in [-0.15, -0.1) is 10.2 Å². The van der Waals surface area contributed by atoms with Gasteiger partial charge >= 0.3 is 0 Å². The van der Waals surface area contributed by atoms with Crippen LogP contribution in [0.1, 0.15) is 16.1 Å². The SMILES string of the molecule is COc1ccccc1CNc1ccc(C(=O)Nc2ccc(N(C)C)cc2)nn1. The van der Waals surface area contributed by atoms with E-state index < -0.39 is 0 Å². The number of benzene rings is 2. The molecule has 2 aromatic carbocycles. The Labute approximate surface area is 164 Å². The summed E-state index contributed by atoms with van der Waals surface area (Å²) < 4.78 is 5.33. The van der Waals surface area contributed by atoms with Gasteiger partial charge in [0.15, 0.2) is 5.69 Å². The third-order valence-electron chi connectivity index (χ3n) is 4.19. The number of hydrogen-bond donors (Lipinski definition) is 2. The van der Waals surface area contributed by atoms with E-state index in [1.54, 1.807) is 19.2 Å². The molecule has 2 N–H and O–H groups in total. The lowest BCUT2D eigenvalue weighted by Crippen LogP contribution is -2.15. The molecular formula is C21H23N5O2. The number of aromatic nitrogens is 2. The Kier molecular flexibility index (Phi) is 6.06. The molecule has 144 valence electrons. The summed E-state index contributed by atoms with van der Waals surface area (Å²) in [6, 6.07) is 18.7. The summed E-state index contributed by atoms with van der Waals surface area (Å²) in [5, 5.41) is 14.1. The number of methoxy groups -OCH3 is 1. The highest BCUT2D eigenvalue weighted by molar-refractivity contribution is 6.02. The zero-order chi connectivity index (χ0) is 19.9. The highest BCUT2D eigenvalue weighted by Gasteiger charge is 2.09. The Bertz CT molecular complexity index is 924. The quantitative estimate of drug-likeness (QED) is 0.657. The van der Waals surface area contributed by atoms with Crippen LogP contribution >= 0.6 is 0 Å². The van der Waals surface area contributed by atoms with E-state index in [1.165, 1.54) is 0 Å². The number of anilines is 3. The number of para-hydroxylation sites is 1. The van der Waals surface area contributed by atoms with E-state index in [0.29, 0.717) is 18.1 Å². The number of ether oxygens (including phenoxy) is 1. The molecule has 0 fully saturated rings. The third-order valence-corrected chi connectivity index (χ3v) is 4.19. The van der Waals surface area contributed by atoms with E-state index >= 15 is 0 Å². The molecule has 7 heteroatoms.